The van der Waals surface area contributed by atoms with Crippen LogP contribution in [-0.2, 0) is 12.8 Å². The average Bonchev–Trinajstić information content (AvgIpc) is 3.34. The van der Waals surface area contributed by atoms with E-state index in [1.54, 1.807) is 0 Å². The summed E-state index contributed by atoms with van der Waals surface area (Å²) in [7, 11) is 0. The highest BCUT2D eigenvalue weighted by molar-refractivity contribution is 5.36. The SMILES string of the molecule is CCC(C)(C)CCCCCCc1ccc(CCCCC2(C)CC2)c(O)c1. The number of rotatable bonds is 13. The van der Waals surface area contributed by atoms with E-state index in [2.05, 4.69) is 39.8 Å². The number of aryl methyl sites for hydroxylation is 2. The van der Waals surface area contributed by atoms with Gasteiger partial charge in [0.1, 0.15) is 5.75 Å². The Morgan fingerprint density at radius 2 is 1.65 bits per heavy atom. The van der Waals surface area contributed by atoms with Crippen molar-refractivity contribution in [1.82, 2.24) is 0 Å². The fourth-order valence-electron chi connectivity index (χ4n) is 3.77. The number of phenols is 1. The zero-order valence-corrected chi connectivity index (χ0v) is 17.9. The minimum atomic E-state index is 0.512. The predicted octanol–water partition coefficient (Wildman–Crippen LogP) is 7.83. The minimum Gasteiger partial charge on any atom is -0.508 e. The first-order valence-corrected chi connectivity index (χ1v) is 11.1. The first-order chi connectivity index (χ1) is 12.3. The molecule has 0 heterocycles. The molecule has 0 atom stereocenters. The third kappa shape index (κ3) is 7.72. The molecule has 1 nitrogen and oxygen atoms in total. The zero-order chi connectivity index (χ0) is 19.0. The van der Waals surface area contributed by atoms with Crippen LogP contribution in [0.5, 0.6) is 5.75 Å². The van der Waals surface area contributed by atoms with Gasteiger partial charge in [0.25, 0.3) is 0 Å². The van der Waals surface area contributed by atoms with Gasteiger partial charge in [-0.15, -0.1) is 0 Å². The van der Waals surface area contributed by atoms with Crippen LogP contribution in [0.15, 0.2) is 18.2 Å². The molecule has 1 saturated carbocycles. The van der Waals surface area contributed by atoms with Gasteiger partial charge in [0.05, 0.1) is 0 Å². The van der Waals surface area contributed by atoms with Crippen molar-refractivity contribution < 1.29 is 5.11 Å². The van der Waals surface area contributed by atoms with Gasteiger partial charge in [-0.05, 0) is 79.4 Å². The summed E-state index contributed by atoms with van der Waals surface area (Å²) in [5, 5.41) is 10.3. The van der Waals surface area contributed by atoms with E-state index in [9.17, 15) is 5.11 Å². The molecule has 0 aliphatic heterocycles. The lowest BCUT2D eigenvalue weighted by Crippen LogP contribution is -2.08. The van der Waals surface area contributed by atoms with Gasteiger partial charge in [0.15, 0.2) is 0 Å². The molecule has 1 fully saturated rings. The molecule has 148 valence electrons. The lowest BCUT2D eigenvalue weighted by molar-refractivity contribution is 0.307. The molecule has 1 aromatic carbocycles. The van der Waals surface area contributed by atoms with Crippen molar-refractivity contribution in [3.63, 3.8) is 0 Å². The summed E-state index contributed by atoms with van der Waals surface area (Å²) in [6.45, 7) is 9.46. The normalized spacial score (nSPS) is 16.0. The molecule has 1 aliphatic carbocycles. The molecule has 0 aromatic heterocycles. The van der Waals surface area contributed by atoms with Gasteiger partial charge >= 0.3 is 0 Å². The first-order valence-electron chi connectivity index (χ1n) is 11.1. The quantitative estimate of drug-likeness (QED) is 0.356. The van der Waals surface area contributed by atoms with Crippen molar-refractivity contribution in [2.24, 2.45) is 10.8 Å². The highest BCUT2D eigenvalue weighted by atomic mass is 16.3. The van der Waals surface area contributed by atoms with Crippen LogP contribution in [0.2, 0.25) is 0 Å². The zero-order valence-electron chi connectivity index (χ0n) is 17.9. The minimum absolute atomic E-state index is 0.512. The lowest BCUT2D eigenvalue weighted by atomic mass is 9.84. The molecule has 1 N–H and O–H groups in total. The Kier molecular flexibility index (Phi) is 8.05. The summed E-state index contributed by atoms with van der Waals surface area (Å²) < 4.78 is 0. The second-order valence-corrected chi connectivity index (χ2v) is 9.91. The molecule has 0 spiro atoms. The summed E-state index contributed by atoms with van der Waals surface area (Å²) in [4.78, 5) is 0. The summed E-state index contributed by atoms with van der Waals surface area (Å²) in [6.07, 6.45) is 16.7. The Morgan fingerprint density at radius 1 is 0.962 bits per heavy atom. The number of aromatic hydroxyl groups is 1. The second-order valence-electron chi connectivity index (χ2n) is 9.91. The fourth-order valence-corrected chi connectivity index (χ4v) is 3.77. The van der Waals surface area contributed by atoms with E-state index < -0.39 is 0 Å². The monoisotopic (exact) mass is 358 g/mol. The van der Waals surface area contributed by atoms with E-state index in [0.717, 1.165) is 18.4 Å². The van der Waals surface area contributed by atoms with Crippen molar-refractivity contribution >= 4 is 0 Å². The maximum atomic E-state index is 10.3. The van der Waals surface area contributed by atoms with Crippen LogP contribution in [0, 0.1) is 10.8 Å². The van der Waals surface area contributed by atoms with Crippen LogP contribution in [-0.4, -0.2) is 5.11 Å². The van der Waals surface area contributed by atoms with E-state index in [0.29, 0.717) is 16.6 Å². The van der Waals surface area contributed by atoms with Crippen LogP contribution in [0.4, 0.5) is 0 Å². The van der Waals surface area contributed by atoms with E-state index in [4.69, 9.17) is 0 Å². The van der Waals surface area contributed by atoms with E-state index in [-0.39, 0.29) is 0 Å². The molecule has 1 aliphatic rings. The standard InChI is InChI=1S/C25H42O/c1-5-24(2,3)16-10-7-6-8-12-21-14-15-22(23(26)20-21)13-9-11-17-25(4)18-19-25/h14-15,20,26H,5-13,16-19H2,1-4H3. The number of hydrogen-bond donors (Lipinski definition) is 1. The van der Waals surface area contributed by atoms with Crippen molar-refractivity contribution in [2.75, 3.05) is 0 Å². The Balaban J connectivity index is 1.60. The highest BCUT2D eigenvalue weighted by Gasteiger charge is 2.35. The molecule has 26 heavy (non-hydrogen) atoms. The lowest BCUT2D eigenvalue weighted by Gasteiger charge is -2.22. The van der Waals surface area contributed by atoms with Gasteiger partial charge in [-0.3, -0.25) is 0 Å². The van der Waals surface area contributed by atoms with Gasteiger partial charge in [-0.25, -0.2) is 0 Å². The van der Waals surface area contributed by atoms with E-state index in [1.165, 1.54) is 76.2 Å². The third-order valence-electron chi connectivity index (χ3n) is 6.76. The van der Waals surface area contributed by atoms with Gasteiger partial charge in [0.2, 0.25) is 0 Å². The van der Waals surface area contributed by atoms with Gasteiger partial charge in [-0.2, -0.15) is 0 Å². The highest BCUT2D eigenvalue weighted by Crippen LogP contribution is 2.49. The third-order valence-corrected chi connectivity index (χ3v) is 6.76. The predicted molar refractivity (Wildman–Crippen MR) is 114 cm³/mol. The number of benzene rings is 1. The molecule has 0 amide bonds. The number of unbranched alkanes of at least 4 members (excludes halogenated alkanes) is 4. The molecule has 0 saturated heterocycles. The molecule has 0 radical (unpaired) electrons. The largest absolute Gasteiger partial charge is 0.508 e. The Bertz CT molecular complexity index is 539. The summed E-state index contributed by atoms with van der Waals surface area (Å²) in [5.74, 6) is 0.518. The summed E-state index contributed by atoms with van der Waals surface area (Å²) in [5.41, 5.74) is 3.61. The molecular weight excluding hydrogens is 316 g/mol. The van der Waals surface area contributed by atoms with Crippen LogP contribution >= 0.6 is 0 Å². The van der Waals surface area contributed by atoms with E-state index in [1.807, 2.05) is 6.07 Å². The Labute approximate surface area is 162 Å². The van der Waals surface area contributed by atoms with Crippen molar-refractivity contribution in [1.29, 1.82) is 0 Å². The second kappa shape index (κ2) is 9.81. The van der Waals surface area contributed by atoms with Gasteiger partial charge < -0.3 is 5.11 Å². The van der Waals surface area contributed by atoms with Crippen molar-refractivity contribution in [3.05, 3.63) is 29.3 Å². The van der Waals surface area contributed by atoms with Crippen LogP contribution in [0.1, 0.15) is 109 Å². The molecule has 1 heteroatoms. The molecule has 2 rings (SSSR count). The van der Waals surface area contributed by atoms with Crippen LogP contribution in [0.3, 0.4) is 0 Å². The Morgan fingerprint density at radius 3 is 2.31 bits per heavy atom. The topological polar surface area (TPSA) is 20.2 Å². The summed E-state index contributed by atoms with van der Waals surface area (Å²) >= 11 is 0. The maximum Gasteiger partial charge on any atom is 0.119 e. The van der Waals surface area contributed by atoms with Crippen molar-refractivity contribution in [3.8, 4) is 5.75 Å². The smallest absolute Gasteiger partial charge is 0.119 e. The van der Waals surface area contributed by atoms with Crippen molar-refractivity contribution in [2.45, 2.75) is 111 Å². The molecule has 0 unspecified atom stereocenters. The van der Waals surface area contributed by atoms with E-state index >= 15 is 0 Å². The molecular formula is C25H42O. The molecule has 0 bridgehead atoms. The number of hydrogen-bond acceptors (Lipinski definition) is 1. The van der Waals surface area contributed by atoms with Gasteiger partial charge in [-0.1, -0.05) is 71.9 Å². The average molecular weight is 359 g/mol. The van der Waals surface area contributed by atoms with Crippen LogP contribution < -0.4 is 0 Å². The maximum absolute atomic E-state index is 10.3. The fraction of sp³-hybridized carbons (Fsp3) is 0.760. The first kappa shape index (κ1) is 21.3. The Hall–Kier alpha value is -0.980. The van der Waals surface area contributed by atoms with Crippen LogP contribution in [0.25, 0.3) is 0 Å². The molecule has 1 aromatic rings. The number of phenolic OH excluding ortho intramolecular Hbond substituents is 1. The van der Waals surface area contributed by atoms with Gasteiger partial charge in [0, 0.05) is 0 Å². The summed E-state index contributed by atoms with van der Waals surface area (Å²) in [6, 6.07) is 6.41.